The Labute approximate surface area is 153 Å². The van der Waals surface area contributed by atoms with Gasteiger partial charge in [0.25, 0.3) is 0 Å². The Balaban J connectivity index is 1.84. The number of fused-ring (bicyclic) bond motifs is 1. The molecule has 4 rings (SSSR count). The van der Waals surface area contributed by atoms with Gasteiger partial charge in [0.05, 0.1) is 11.0 Å². The summed E-state index contributed by atoms with van der Waals surface area (Å²) in [4.78, 5) is 12.8. The summed E-state index contributed by atoms with van der Waals surface area (Å²) in [6.45, 7) is 3.44. The van der Waals surface area contributed by atoms with Crippen molar-refractivity contribution in [2.75, 3.05) is 11.1 Å². The number of nitrogens with zero attached hydrogens (tertiary/aromatic N) is 4. The van der Waals surface area contributed by atoms with Crippen LogP contribution in [0.4, 0.5) is 26.1 Å². The molecule has 0 atom stereocenters. The number of benzene rings is 2. The molecule has 6 nitrogen and oxygen atoms in total. The molecule has 27 heavy (non-hydrogen) atoms. The van der Waals surface area contributed by atoms with E-state index in [9.17, 15) is 8.78 Å². The van der Waals surface area contributed by atoms with Crippen molar-refractivity contribution in [3.63, 3.8) is 0 Å². The number of aromatic nitrogens is 4. The molecule has 2 aromatic heterocycles. The molecule has 0 aliphatic carbocycles. The molecule has 3 N–H and O–H groups in total. The van der Waals surface area contributed by atoms with E-state index in [-0.39, 0.29) is 17.6 Å². The highest BCUT2D eigenvalue weighted by molar-refractivity contribution is 5.77. The van der Waals surface area contributed by atoms with E-state index < -0.39 is 11.6 Å². The second kappa shape index (κ2) is 6.31. The number of hydrogen-bond acceptors (Lipinski definition) is 5. The van der Waals surface area contributed by atoms with Gasteiger partial charge in [-0.3, -0.25) is 4.57 Å². The van der Waals surface area contributed by atoms with Gasteiger partial charge in [-0.1, -0.05) is 18.2 Å². The first-order valence-electron chi connectivity index (χ1n) is 8.24. The molecule has 0 unspecified atom stereocenters. The highest BCUT2D eigenvalue weighted by Crippen LogP contribution is 2.26. The molecular formula is C19H16F2N6. The topological polar surface area (TPSA) is 81.7 Å². The SMILES string of the molecule is Cc1ccc(Nc2nc(-n3c(C)nc4ccccc43)nc(N)c2F)cc1F. The molecule has 4 aromatic rings. The Morgan fingerprint density at radius 2 is 1.78 bits per heavy atom. The standard InChI is InChI=1S/C19H16F2N6/c1-10-7-8-12(9-13(10)20)24-18-16(21)17(22)25-19(26-18)27-11(2)23-14-5-3-4-6-15(14)27/h3-9H,1-2H3,(H3,22,24,25,26). The molecule has 0 saturated carbocycles. The van der Waals surface area contributed by atoms with Crippen LogP contribution in [-0.2, 0) is 0 Å². The Morgan fingerprint density at radius 1 is 1.00 bits per heavy atom. The van der Waals surface area contributed by atoms with Gasteiger partial charge in [-0.25, -0.2) is 9.37 Å². The number of anilines is 3. The number of nitrogens with two attached hydrogens (primary N) is 1. The van der Waals surface area contributed by atoms with Crippen LogP contribution in [0.25, 0.3) is 17.0 Å². The summed E-state index contributed by atoms with van der Waals surface area (Å²) in [5.41, 5.74) is 8.13. The van der Waals surface area contributed by atoms with Crippen molar-refractivity contribution in [2.24, 2.45) is 0 Å². The first kappa shape index (κ1) is 16.9. The Hall–Kier alpha value is -3.55. The molecule has 0 aliphatic heterocycles. The molecule has 0 spiro atoms. The zero-order chi connectivity index (χ0) is 19.1. The summed E-state index contributed by atoms with van der Waals surface area (Å²) < 4.78 is 29.9. The van der Waals surface area contributed by atoms with Crippen LogP contribution in [0, 0.1) is 25.5 Å². The van der Waals surface area contributed by atoms with E-state index in [0.717, 1.165) is 11.0 Å². The summed E-state index contributed by atoms with van der Waals surface area (Å²) in [7, 11) is 0. The minimum Gasteiger partial charge on any atom is -0.381 e. The number of hydrogen-bond donors (Lipinski definition) is 2. The zero-order valence-electron chi connectivity index (χ0n) is 14.7. The third kappa shape index (κ3) is 2.95. The molecule has 0 fully saturated rings. The van der Waals surface area contributed by atoms with Crippen LogP contribution in [0.15, 0.2) is 42.5 Å². The maximum Gasteiger partial charge on any atom is 0.239 e. The average molecular weight is 366 g/mol. The van der Waals surface area contributed by atoms with Crippen LogP contribution < -0.4 is 11.1 Å². The van der Waals surface area contributed by atoms with Gasteiger partial charge in [0.15, 0.2) is 11.6 Å². The lowest BCUT2D eigenvalue weighted by Gasteiger charge is -2.12. The number of aryl methyl sites for hydroxylation is 2. The van der Waals surface area contributed by atoms with Crippen molar-refractivity contribution in [1.29, 1.82) is 0 Å². The molecule has 2 heterocycles. The van der Waals surface area contributed by atoms with Gasteiger partial charge in [-0.15, -0.1) is 0 Å². The molecule has 2 aromatic carbocycles. The van der Waals surface area contributed by atoms with Crippen molar-refractivity contribution >= 4 is 28.4 Å². The lowest BCUT2D eigenvalue weighted by Crippen LogP contribution is -2.10. The summed E-state index contributed by atoms with van der Waals surface area (Å²) >= 11 is 0. The smallest absolute Gasteiger partial charge is 0.239 e. The summed E-state index contributed by atoms with van der Waals surface area (Å²) in [5.74, 6) is -0.851. The van der Waals surface area contributed by atoms with Crippen molar-refractivity contribution in [3.05, 3.63) is 65.5 Å². The van der Waals surface area contributed by atoms with E-state index in [1.54, 1.807) is 30.5 Å². The third-order valence-corrected chi connectivity index (χ3v) is 4.23. The van der Waals surface area contributed by atoms with Gasteiger partial charge in [-0.2, -0.15) is 14.4 Å². The van der Waals surface area contributed by atoms with Crippen molar-refractivity contribution in [3.8, 4) is 5.95 Å². The second-order valence-electron chi connectivity index (χ2n) is 6.14. The van der Waals surface area contributed by atoms with Crippen molar-refractivity contribution in [2.45, 2.75) is 13.8 Å². The first-order chi connectivity index (χ1) is 12.9. The second-order valence-corrected chi connectivity index (χ2v) is 6.14. The first-order valence-corrected chi connectivity index (χ1v) is 8.24. The molecule has 0 bridgehead atoms. The predicted octanol–water partition coefficient (Wildman–Crippen LogP) is 4.04. The molecule has 0 aliphatic rings. The number of halogens is 2. The minimum absolute atomic E-state index is 0.141. The van der Waals surface area contributed by atoms with Crippen LogP contribution in [-0.4, -0.2) is 19.5 Å². The lowest BCUT2D eigenvalue weighted by atomic mass is 10.2. The normalized spacial score (nSPS) is 11.1. The fourth-order valence-corrected chi connectivity index (χ4v) is 2.84. The molecule has 0 amide bonds. The van der Waals surface area contributed by atoms with E-state index in [1.165, 1.54) is 6.07 Å². The van der Waals surface area contributed by atoms with Crippen LogP contribution in [0.2, 0.25) is 0 Å². The fraction of sp³-hybridized carbons (Fsp3) is 0.105. The Bertz CT molecular complexity index is 1170. The Kier molecular flexibility index (Phi) is 3.95. The van der Waals surface area contributed by atoms with E-state index in [0.29, 0.717) is 17.1 Å². The van der Waals surface area contributed by atoms with Gasteiger partial charge < -0.3 is 11.1 Å². The largest absolute Gasteiger partial charge is 0.381 e. The van der Waals surface area contributed by atoms with E-state index in [4.69, 9.17) is 5.73 Å². The molecule has 136 valence electrons. The molecule has 0 saturated heterocycles. The molecule has 8 heteroatoms. The van der Waals surface area contributed by atoms with Gasteiger partial charge in [0.1, 0.15) is 11.6 Å². The fourth-order valence-electron chi connectivity index (χ4n) is 2.84. The highest BCUT2D eigenvalue weighted by Gasteiger charge is 2.17. The number of para-hydroxylation sites is 2. The van der Waals surface area contributed by atoms with Gasteiger partial charge >= 0.3 is 0 Å². The lowest BCUT2D eigenvalue weighted by molar-refractivity contribution is 0.617. The predicted molar refractivity (Wildman–Crippen MR) is 100 cm³/mol. The number of nitrogens with one attached hydrogen (secondary N) is 1. The maximum absolute atomic E-state index is 14.5. The van der Waals surface area contributed by atoms with Crippen LogP contribution in [0.3, 0.4) is 0 Å². The van der Waals surface area contributed by atoms with Crippen LogP contribution >= 0.6 is 0 Å². The van der Waals surface area contributed by atoms with Crippen LogP contribution in [0.1, 0.15) is 11.4 Å². The quantitative estimate of drug-likeness (QED) is 0.572. The van der Waals surface area contributed by atoms with Crippen molar-refractivity contribution in [1.82, 2.24) is 19.5 Å². The summed E-state index contributed by atoms with van der Waals surface area (Å²) in [5, 5.41) is 2.77. The molecular weight excluding hydrogens is 350 g/mol. The van der Waals surface area contributed by atoms with Gasteiger partial charge in [0, 0.05) is 5.69 Å². The Morgan fingerprint density at radius 3 is 2.56 bits per heavy atom. The van der Waals surface area contributed by atoms with Crippen LogP contribution in [0.5, 0.6) is 0 Å². The average Bonchev–Trinajstić information content (AvgIpc) is 2.97. The van der Waals surface area contributed by atoms with Crippen molar-refractivity contribution < 1.29 is 8.78 Å². The number of rotatable bonds is 3. The maximum atomic E-state index is 14.5. The summed E-state index contributed by atoms with van der Waals surface area (Å²) in [6, 6.07) is 12.0. The van der Waals surface area contributed by atoms with E-state index in [2.05, 4.69) is 20.3 Å². The van der Waals surface area contributed by atoms with E-state index in [1.807, 2.05) is 24.3 Å². The summed E-state index contributed by atoms with van der Waals surface area (Å²) in [6.07, 6.45) is 0. The van der Waals surface area contributed by atoms with Gasteiger partial charge in [-0.05, 0) is 43.7 Å². The zero-order valence-corrected chi connectivity index (χ0v) is 14.7. The van der Waals surface area contributed by atoms with Gasteiger partial charge in [0.2, 0.25) is 11.8 Å². The highest BCUT2D eigenvalue weighted by atomic mass is 19.1. The minimum atomic E-state index is -0.804. The monoisotopic (exact) mass is 366 g/mol. The number of imidazole rings is 1. The van der Waals surface area contributed by atoms with E-state index >= 15 is 0 Å². The molecule has 0 radical (unpaired) electrons. The number of nitrogen functional groups attached to an aromatic ring is 1. The third-order valence-electron chi connectivity index (χ3n) is 4.23.